The van der Waals surface area contributed by atoms with Gasteiger partial charge in [0.2, 0.25) is 11.9 Å². The minimum Gasteiger partial charge on any atom is -0.395 e. The number of nitrogen functional groups attached to an aromatic ring is 1. The second-order valence-electron chi connectivity index (χ2n) is 6.04. The highest BCUT2D eigenvalue weighted by Crippen LogP contribution is 2.48. The van der Waals surface area contributed by atoms with E-state index in [4.69, 9.17) is 10.5 Å². The van der Waals surface area contributed by atoms with Crippen molar-refractivity contribution in [2.75, 3.05) is 5.73 Å². The van der Waals surface area contributed by atoms with Crippen molar-refractivity contribution in [3.05, 3.63) is 36.9 Å². The lowest BCUT2D eigenvalue weighted by molar-refractivity contribution is -0.286. The van der Waals surface area contributed by atoms with Crippen LogP contribution in [0.5, 0.6) is 11.5 Å². The maximum absolute atomic E-state index is 13.6. The van der Waals surface area contributed by atoms with Crippen molar-refractivity contribution >= 4 is 17.0 Å². The summed E-state index contributed by atoms with van der Waals surface area (Å²) in [5.74, 6) is 0.531. The van der Waals surface area contributed by atoms with Crippen LogP contribution in [0.1, 0.15) is 6.92 Å². The number of anilines is 1. The molecule has 11 heteroatoms. The SMILES string of the molecule is CCn1c(-n2ncnc2N)nc2cncc(-c3cccc4c3OC(F)(F)O4)c21. The standard InChI is InChI=1S/C17H13F2N7O2/c1-2-25-13-10(9-4-3-5-12-14(9)28-17(18,19)27-12)6-21-7-11(13)24-16(25)26-15(20)22-8-23-26/h3-8H,2H2,1H3,(H2,20,22,23). The Morgan fingerprint density at radius 1 is 1.18 bits per heavy atom. The monoisotopic (exact) mass is 385 g/mol. The Labute approximate surface area is 156 Å². The summed E-state index contributed by atoms with van der Waals surface area (Å²) in [6, 6.07) is 4.70. The van der Waals surface area contributed by atoms with E-state index in [-0.39, 0.29) is 17.4 Å². The highest BCUT2D eigenvalue weighted by atomic mass is 19.3. The van der Waals surface area contributed by atoms with Crippen LogP contribution in [0.3, 0.4) is 0 Å². The predicted octanol–water partition coefficient (Wildman–Crippen LogP) is 2.60. The maximum atomic E-state index is 13.6. The fraction of sp³-hybridized carbons (Fsp3) is 0.176. The first-order valence-corrected chi connectivity index (χ1v) is 8.38. The van der Waals surface area contributed by atoms with E-state index in [1.54, 1.807) is 24.5 Å². The molecule has 28 heavy (non-hydrogen) atoms. The van der Waals surface area contributed by atoms with E-state index >= 15 is 0 Å². The zero-order valence-corrected chi connectivity index (χ0v) is 14.5. The fourth-order valence-corrected chi connectivity index (χ4v) is 3.32. The van der Waals surface area contributed by atoms with E-state index in [1.165, 1.54) is 17.1 Å². The van der Waals surface area contributed by atoms with Crippen molar-refractivity contribution in [2.24, 2.45) is 0 Å². The summed E-state index contributed by atoms with van der Waals surface area (Å²) in [6.45, 7) is 2.44. The molecule has 2 N–H and O–H groups in total. The molecule has 4 aromatic rings. The molecule has 0 aliphatic carbocycles. The number of ether oxygens (including phenoxy) is 2. The van der Waals surface area contributed by atoms with E-state index in [2.05, 4.69) is 24.8 Å². The molecule has 0 radical (unpaired) electrons. The number of alkyl halides is 2. The van der Waals surface area contributed by atoms with E-state index in [0.29, 0.717) is 34.7 Å². The van der Waals surface area contributed by atoms with Gasteiger partial charge < -0.3 is 19.8 Å². The van der Waals surface area contributed by atoms with Gasteiger partial charge in [0.05, 0.1) is 11.7 Å². The first-order valence-electron chi connectivity index (χ1n) is 8.38. The lowest BCUT2D eigenvalue weighted by atomic mass is 10.0. The van der Waals surface area contributed by atoms with Crippen molar-refractivity contribution in [1.82, 2.24) is 29.3 Å². The number of rotatable bonds is 3. The third-order valence-corrected chi connectivity index (χ3v) is 4.43. The number of nitrogens with two attached hydrogens (primary N) is 1. The lowest BCUT2D eigenvalue weighted by Crippen LogP contribution is -2.26. The van der Waals surface area contributed by atoms with Gasteiger partial charge in [0.15, 0.2) is 11.5 Å². The molecule has 0 amide bonds. The van der Waals surface area contributed by atoms with Crippen LogP contribution in [0.4, 0.5) is 14.7 Å². The van der Waals surface area contributed by atoms with E-state index < -0.39 is 6.29 Å². The number of aromatic nitrogens is 6. The van der Waals surface area contributed by atoms with E-state index in [0.717, 1.165) is 0 Å². The summed E-state index contributed by atoms with van der Waals surface area (Å²) in [4.78, 5) is 12.7. The molecule has 1 aromatic carbocycles. The number of pyridine rings is 1. The molecule has 0 bridgehead atoms. The van der Waals surface area contributed by atoms with Gasteiger partial charge in [0.1, 0.15) is 11.8 Å². The molecule has 5 rings (SSSR count). The topological polar surface area (TPSA) is 106 Å². The van der Waals surface area contributed by atoms with Gasteiger partial charge >= 0.3 is 6.29 Å². The van der Waals surface area contributed by atoms with Crippen LogP contribution < -0.4 is 15.2 Å². The summed E-state index contributed by atoms with van der Waals surface area (Å²) in [7, 11) is 0. The molecular weight excluding hydrogens is 372 g/mol. The number of halogens is 2. The van der Waals surface area contributed by atoms with E-state index in [9.17, 15) is 8.78 Å². The van der Waals surface area contributed by atoms with Crippen LogP contribution in [-0.4, -0.2) is 35.6 Å². The molecule has 0 spiro atoms. The molecule has 0 unspecified atom stereocenters. The Hall–Kier alpha value is -3.76. The third-order valence-electron chi connectivity index (χ3n) is 4.43. The van der Waals surface area contributed by atoms with Gasteiger partial charge in [-0.2, -0.15) is 14.8 Å². The second-order valence-corrected chi connectivity index (χ2v) is 6.04. The zero-order valence-electron chi connectivity index (χ0n) is 14.5. The molecule has 0 saturated carbocycles. The zero-order chi connectivity index (χ0) is 19.5. The molecule has 0 atom stereocenters. The number of hydrogen-bond acceptors (Lipinski definition) is 7. The average molecular weight is 385 g/mol. The Morgan fingerprint density at radius 2 is 2.04 bits per heavy atom. The first-order chi connectivity index (χ1) is 13.5. The number of imidazole rings is 1. The van der Waals surface area contributed by atoms with Gasteiger partial charge in [-0.25, -0.2) is 4.98 Å². The molecule has 1 aliphatic heterocycles. The van der Waals surface area contributed by atoms with Gasteiger partial charge in [-0.1, -0.05) is 12.1 Å². The minimum atomic E-state index is -3.72. The number of hydrogen-bond donors (Lipinski definition) is 1. The minimum absolute atomic E-state index is 0.0391. The van der Waals surface area contributed by atoms with Gasteiger partial charge in [-0.15, -0.1) is 8.78 Å². The van der Waals surface area contributed by atoms with Crippen molar-refractivity contribution in [1.29, 1.82) is 0 Å². The summed E-state index contributed by atoms with van der Waals surface area (Å²) < 4.78 is 39.8. The van der Waals surface area contributed by atoms with Crippen LogP contribution in [0.15, 0.2) is 36.9 Å². The van der Waals surface area contributed by atoms with Gasteiger partial charge in [0.25, 0.3) is 0 Å². The van der Waals surface area contributed by atoms with E-state index in [1.807, 2.05) is 11.5 Å². The van der Waals surface area contributed by atoms with Crippen LogP contribution in [0.25, 0.3) is 28.1 Å². The Bertz CT molecular complexity index is 1220. The van der Waals surface area contributed by atoms with Gasteiger partial charge in [0, 0.05) is 23.9 Å². The van der Waals surface area contributed by atoms with Gasteiger partial charge in [-0.3, -0.25) is 4.98 Å². The quantitative estimate of drug-likeness (QED) is 0.578. The molecule has 142 valence electrons. The molecule has 1 aliphatic rings. The first kappa shape index (κ1) is 16.4. The maximum Gasteiger partial charge on any atom is 0.586 e. The number of benzene rings is 1. The number of nitrogens with zero attached hydrogens (tertiary/aromatic N) is 6. The summed E-state index contributed by atoms with van der Waals surface area (Å²) in [5.41, 5.74) is 8.08. The summed E-state index contributed by atoms with van der Waals surface area (Å²) in [6.07, 6.45) is 0.757. The molecular formula is C17H13F2N7O2. The average Bonchev–Trinajstić information content (AvgIpc) is 3.33. The predicted molar refractivity (Wildman–Crippen MR) is 94.2 cm³/mol. The van der Waals surface area contributed by atoms with Crippen molar-refractivity contribution in [3.63, 3.8) is 0 Å². The molecule has 4 heterocycles. The largest absolute Gasteiger partial charge is 0.586 e. The highest BCUT2D eigenvalue weighted by Gasteiger charge is 2.44. The van der Waals surface area contributed by atoms with Gasteiger partial charge in [-0.05, 0) is 13.0 Å². The Kier molecular flexibility index (Phi) is 3.29. The fourth-order valence-electron chi connectivity index (χ4n) is 3.32. The molecule has 3 aromatic heterocycles. The van der Waals surface area contributed by atoms with Crippen molar-refractivity contribution < 1.29 is 18.3 Å². The van der Waals surface area contributed by atoms with Crippen LogP contribution in [-0.2, 0) is 6.54 Å². The molecule has 9 nitrogen and oxygen atoms in total. The number of para-hydroxylation sites is 1. The molecule has 0 saturated heterocycles. The van der Waals surface area contributed by atoms with Crippen molar-refractivity contribution in [2.45, 2.75) is 19.8 Å². The molecule has 0 fully saturated rings. The van der Waals surface area contributed by atoms with Crippen LogP contribution in [0, 0.1) is 0 Å². The normalized spacial score (nSPS) is 14.7. The lowest BCUT2D eigenvalue weighted by Gasteiger charge is -2.11. The third kappa shape index (κ3) is 2.29. The number of aryl methyl sites for hydroxylation is 1. The summed E-state index contributed by atoms with van der Waals surface area (Å²) >= 11 is 0. The summed E-state index contributed by atoms with van der Waals surface area (Å²) in [5, 5.41) is 4.10. The van der Waals surface area contributed by atoms with Crippen LogP contribution in [0.2, 0.25) is 0 Å². The smallest absolute Gasteiger partial charge is 0.395 e. The number of fused-ring (bicyclic) bond motifs is 2. The Balaban J connectivity index is 1.79. The Morgan fingerprint density at radius 3 is 2.79 bits per heavy atom. The highest BCUT2D eigenvalue weighted by molar-refractivity contribution is 5.95. The second kappa shape index (κ2) is 5.62. The van der Waals surface area contributed by atoms with Crippen LogP contribution >= 0.6 is 0 Å². The van der Waals surface area contributed by atoms with Crippen molar-refractivity contribution in [3.8, 4) is 28.6 Å².